The second-order valence-electron chi connectivity index (χ2n) is 3.77. The summed E-state index contributed by atoms with van der Waals surface area (Å²) in [5.41, 5.74) is 3.85. The minimum absolute atomic E-state index is 0.333. The van der Waals surface area contributed by atoms with Gasteiger partial charge in [0.05, 0.1) is 16.9 Å². The van der Waals surface area contributed by atoms with E-state index in [0.717, 1.165) is 0 Å². The molecule has 0 saturated carbocycles. The van der Waals surface area contributed by atoms with Crippen LogP contribution in [0.4, 0.5) is 15.8 Å². The standard InChI is InChI=1S/C13H11BrFN3O/c14-10-7-8(15)5-6-12(10)17-13(19)9-3-1-2-4-11(9)18-16/h1-7,18H,16H2,(H,17,19). The third kappa shape index (κ3) is 3.10. The molecule has 0 bridgehead atoms. The van der Waals surface area contributed by atoms with E-state index in [4.69, 9.17) is 5.84 Å². The number of anilines is 2. The van der Waals surface area contributed by atoms with Crippen molar-refractivity contribution in [3.63, 3.8) is 0 Å². The van der Waals surface area contributed by atoms with Crippen molar-refractivity contribution in [3.8, 4) is 0 Å². The number of benzene rings is 2. The van der Waals surface area contributed by atoms with Gasteiger partial charge < -0.3 is 10.7 Å². The van der Waals surface area contributed by atoms with Gasteiger partial charge in [0.15, 0.2) is 0 Å². The van der Waals surface area contributed by atoms with Crippen LogP contribution < -0.4 is 16.6 Å². The fraction of sp³-hybridized carbons (Fsp3) is 0. The minimum Gasteiger partial charge on any atom is -0.323 e. The van der Waals surface area contributed by atoms with Crippen molar-refractivity contribution in [2.24, 2.45) is 5.84 Å². The normalized spacial score (nSPS) is 10.1. The summed E-state index contributed by atoms with van der Waals surface area (Å²) < 4.78 is 13.4. The molecule has 0 aliphatic rings. The van der Waals surface area contributed by atoms with E-state index in [2.05, 4.69) is 26.7 Å². The Labute approximate surface area is 117 Å². The van der Waals surface area contributed by atoms with Crippen molar-refractivity contribution in [1.82, 2.24) is 0 Å². The lowest BCUT2D eigenvalue weighted by molar-refractivity contribution is 0.102. The highest BCUT2D eigenvalue weighted by molar-refractivity contribution is 9.10. The highest BCUT2D eigenvalue weighted by Crippen LogP contribution is 2.24. The molecule has 19 heavy (non-hydrogen) atoms. The van der Waals surface area contributed by atoms with Crippen molar-refractivity contribution in [1.29, 1.82) is 0 Å². The Hall–Kier alpha value is -1.92. The number of amides is 1. The number of rotatable bonds is 3. The SMILES string of the molecule is NNc1ccccc1C(=O)Nc1ccc(F)cc1Br. The smallest absolute Gasteiger partial charge is 0.257 e. The summed E-state index contributed by atoms with van der Waals surface area (Å²) in [6.07, 6.45) is 0. The molecule has 0 aromatic heterocycles. The quantitative estimate of drug-likeness (QED) is 0.600. The molecule has 2 aromatic rings. The molecule has 4 N–H and O–H groups in total. The Bertz CT molecular complexity index is 619. The molecule has 1 amide bonds. The van der Waals surface area contributed by atoms with E-state index < -0.39 is 0 Å². The van der Waals surface area contributed by atoms with Gasteiger partial charge in [0.1, 0.15) is 5.82 Å². The van der Waals surface area contributed by atoms with Crippen molar-refractivity contribution < 1.29 is 9.18 Å². The molecule has 2 rings (SSSR count). The minimum atomic E-state index is -0.381. The van der Waals surface area contributed by atoms with Crippen LogP contribution in [0.1, 0.15) is 10.4 Å². The Kier molecular flexibility index (Phi) is 4.13. The molecule has 0 unspecified atom stereocenters. The van der Waals surface area contributed by atoms with Gasteiger partial charge in [-0.05, 0) is 46.3 Å². The largest absolute Gasteiger partial charge is 0.323 e. The first-order valence-corrected chi connectivity index (χ1v) is 6.23. The molecule has 0 heterocycles. The Morgan fingerprint density at radius 3 is 2.58 bits per heavy atom. The second kappa shape index (κ2) is 5.81. The van der Waals surface area contributed by atoms with Crippen LogP contribution in [0.15, 0.2) is 46.9 Å². The van der Waals surface area contributed by atoms with Gasteiger partial charge in [0, 0.05) is 4.47 Å². The van der Waals surface area contributed by atoms with E-state index in [1.807, 2.05) is 0 Å². The maximum Gasteiger partial charge on any atom is 0.257 e. The van der Waals surface area contributed by atoms with Gasteiger partial charge in [0.2, 0.25) is 0 Å². The average Bonchev–Trinajstić information content (AvgIpc) is 2.41. The molecule has 0 saturated heterocycles. The number of hydrogen-bond acceptors (Lipinski definition) is 3. The molecule has 2 aromatic carbocycles. The van der Waals surface area contributed by atoms with Gasteiger partial charge in [-0.15, -0.1) is 0 Å². The molecule has 0 radical (unpaired) electrons. The zero-order valence-corrected chi connectivity index (χ0v) is 11.4. The first kappa shape index (κ1) is 13.5. The lowest BCUT2D eigenvalue weighted by atomic mass is 10.1. The van der Waals surface area contributed by atoms with E-state index in [9.17, 15) is 9.18 Å². The average molecular weight is 324 g/mol. The molecule has 0 atom stereocenters. The predicted octanol–water partition coefficient (Wildman–Crippen LogP) is 3.13. The van der Waals surface area contributed by atoms with E-state index in [0.29, 0.717) is 21.4 Å². The highest BCUT2D eigenvalue weighted by atomic mass is 79.9. The topological polar surface area (TPSA) is 67.1 Å². The van der Waals surface area contributed by atoms with Crippen LogP contribution in [0, 0.1) is 5.82 Å². The number of nitrogens with one attached hydrogen (secondary N) is 2. The van der Waals surface area contributed by atoms with Crippen LogP contribution in [0.2, 0.25) is 0 Å². The molecular formula is C13H11BrFN3O. The number of para-hydroxylation sites is 1. The summed E-state index contributed by atoms with van der Waals surface area (Å²) in [6, 6.07) is 10.9. The summed E-state index contributed by atoms with van der Waals surface area (Å²) in [4.78, 5) is 12.1. The number of carbonyl (C=O) groups excluding carboxylic acids is 1. The van der Waals surface area contributed by atoms with Crippen molar-refractivity contribution in [2.75, 3.05) is 10.7 Å². The number of halogens is 2. The summed E-state index contributed by atoms with van der Waals surface area (Å²) in [5, 5.41) is 2.68. The van der Waals surface area contributed by atoms with Gasteiger partial charge in [-0.2, -0.15) is 0 Å². The van der Waals surface area contributed by atoms with Crippen LogP contribution >= 0.6 is 15.9 Å². The van der Waals surface area contributed by atoms with Crippen molar-refractivity contribution >= 4 is 33.2 Å². The lowest BCUT2D eigenvalue weighted by Crippen LogP contribution is -2.17. The zero-order valence-electron chi connectivity index (χ0n) is 9.78. The van der Waals surface area contributed by atoms with E-state index >= 15 is 0 Å². The predicted molar refractivity (Wildman–Crippen MR) is 76.3 cm³/mol. The number of carbonyl (C=O) groups is 1. The molecule has 0 aliphatic carbocycles. The van der Waals surface area contributed by atoms with Crippen LogP contribution in [0.5, 0.6) is 0 Å². The van der Waals surface area contributed by atoms with Gasteiger partial charge in [-0.3, -0.25) is 10.6 Å². The summed E-state index contributed by atoms with van der Waals surface area (Å²) in [7, 11) is 0. The molecule has 0 spiro atoms. The van der Waals surface area contributed by atoms with Gasteiger partial charge in [0.25, 0.3) is 5.91 Å². The zero-order chi connectivity index (χ0) is 13.8. The third-order valence-electron chi connectivity index (χ3n) is 2.51. The van der Waals surface area contributed by atoms with Gasteiger partial charge in [-0.25, -0.2) is 4.39 Å². The molecule has 0 fully saturated rings. The van der Waals surface area contributed by atoms with Crippen LogP contribution in [-0.2, 0) is 0 Å². The van der Waals surface area contributed by atoms with Crippen LogP contribution in [0.25, 0.3) is 0 Å². The van der Waals surface area contributed by atoms with E-state index in [-0.39, 0.29) is 11.7 Å². The number of hydrazine groups is 1. The molecular weight excluding hydrogens is 313 g/mol. The first-order chi connectivity index (χ1) is 9.11. The Balaban J connectivity index is 2.26. The maximum atomic E-state index is 13.0. The van der Waals surface area contributed by atoms with Crippen LogP contribution in [-0.4, -0.2) is 5.91 Å². The fourth-order valence-electron chi connectivity index (χ4n) is 1.59. The third-order valence-corrected chi connectivity index (χ3v) is 3.16. The number of nitrogens with two attached hydrogens (primary N) is 1. The highest BCUT2D eigenvalue weighted by Gasteiger charge is 2.12. The second-order valence-corrected chi connectivity index (χ2v) is 4.62. The first-order valence-electron chi connectivity index (χ1n) is 5.44. The maximum absolute atomic E-state index is 13.0. The van der Waals surface area contributed by atoms with E-state index in [1.165, 1.54) is 18.2 Å². The fourth-order valence-corrected chi connectivity index (χ4v) is 2.04. The molecule has 98 valence electrons. The number of hydrogen-bond donors (Lipinski definition) is 3. The summed E-state index contributed by atoms with van der Waals surface area (Å²) in [5.74, 6) is 4.63. The van der Waals surface area contributed by atoms with Crippen LogP contribution in [0.3, 0.4) is 0 Å². The Morgan fingerprint density at radius 1 is 1.16 bits per heavy atom. The van der Waals surface area contributed by atoms with Crippen molar-refractivity contribution in [2.45, 2.75) is 0 Å². The monoisotopic (exact) mass is 323 g/mol. The van der Waals surface area contributed by atoms with Gasteiger partial charge in [-0.1, -0.05) is 12.1 Å². The molecule has 6 heteroatoms. The van der Waals surface area contributed by atoms with E-state index in [1.54, 1.807) is 24.3 Å². The summed E-state index contributed by atoms with van der Waals surface area (Å²) >= 11 is 3.19. The Morgan fingerprint density at radius 2 is 1.89 bits per heavy atom. The summed E-state index contributed by atoms with van der Waals surface area (Å²) in [6.45, 7) is 0. The molecule has 0 aliphatic heterocycles. The number of nitrogen functional groups attached to an aromatic ring is 1. The van der Waals surface area contributed by atoms with Gasteiger partial charge >= 0.3 is 0 Å². The lowest BCUT2D eigenvalue weighted by Gasteiger charge is -2.10. The van der Waals surface area contributed by atoms with Crippen molar-refractivity contribution in [3.05, 3.63) is 58.3 Å². The molecule has 4 nitrogen and oxygen atoms in total.